The quantitative estimate of drug-likeness (QED) is 0.703. The lowest BCUT2D eigenvalue weighted by Gasteiger charge is -2.07. The largest absolute Gasteiger partial charge is 0.493 e. The third-order valence-corrected chi connectivity index (χ3v) is 3.54. The van der Waals surface area contributed by atoms with Crippen molar-refractivity contribution in [1.29, 1.82) is 0 Å². The molecule has 1 aromatic heterocycles. The molecule has 0 radical (unpaired) electrons. The highest BCUT2D eigenvalue weighted by Gasteiger charge is 2.19. The van der Waals surface area contributed by atoms with Crippen LogP contribution in [0.2, 0.25) is 0 Å². The summed E-state index contributed by atoms with van der Waals surface area (Å²) in [6, 6.07) is 14.6. The highest BCUT2D eigenvalue weighted by Crippen LogP contribution is 2.19. The molecular formula is C18H15FN4O3. The number of benzene rings is 2. The number of hydrogen-bond acceptors (Lipinski definition) is 4. The molecule has 0 saturated heterocycles. The van der Waals surface area contributed by atoms with E-state index in [-0.39, 0.29) is 17.0 Å². The predicted molar refractivity (Wildman–Crippen MR) is 91.4 cm³/mol. The van der Waals surface area contributed by atoms with Crippen molar-refractivity contribution in [3.05, 3.63) is 77.9 Å². The summed E-state index contributed by atoms with van der Waals surface area (Å²) < 4.78 is 20.2. The Morgan fingerprint density at radius 2 is 1.65 bits per heavy atom. The van der Waals surface area contributed by atoms with Crippen molar-refractivity contribution < 1.29 is 18.7 Å². The van der Waals surface area contributed by atoms with Gasteiger partial charge in [0, 0.05) is 0 Å². The van der Waals surface area contributed by atoms with Crippen molar-refractivity contribution in [3.8, 4) is 11.4 Å². The van der Waals surface area contributed by atoms with Crippen LogP contribution in [0.1, 0.15) is 20.8 Å². The van der Waals surface area contributed by atoms with Gasteiger partial charge in [-0.25, -0.2) is 9.07 Å². The van der Waals surface area contributed by atoms with Crippen molar-refractivity contribution in [2.24, 2.45) is 0 Å². The molecule has 132 valence electrons. The average molecular weight is 354 g/mol. The fourth-order valence-corrected chi connectivity index (χ4v) is 2.26. The van der Waals surface area contributed by atoms with Gasteiger partial charge in [-0.3, -0.25) is 20.4 Å². The van der Waals surface area contributed by atoms with Crippen LogP contribution in [0.3, 0.4) is 0 Å². The number of hydrazine groups is 1. The van der Waals surface area contributed by atoms with E-state index in [1.807, 2.05) is 30.3 Å². The number of hydrogen-bond donors (Lipinski definition) is 2. The maximum atomic E-state index is 13.6. The zero-order valence-electron chi connectivity index (χ0n) is 13.8. The summed E-state index contributed by atoms with van der Waals surface area (Å²) in [5, 5.41) is 4.17. The molecule has 2 N–H and O–H groups in total. The van der Waals surface area contributed by atoms with E-state index in [2.05, 4.69) is 16.0 Å². The number of nitrogens with one attached hydrogen (secondary N) is 2. The average Bonchev–Trinajstić information content (AvgIpc) is 3.11. The fourth-order valence-electron chi connectivity index (χ4n) is 2.26. The number of methoxy groups -OCH3 is 1. The number of aromatic nitrogens is 2. The molecule has 1 heterocycles. The maximum absolute atomic E-state index is 13.6. The number of carbonyl (C=O) groups is 2. The van der Waals surface area contributed by atoms with Crippen LogP contribution in [-0.4, -0.2) is 28.7 Å². The van der Waals surface area contributed by atoms with Gasteiger partial charge in [-0.05, 0) is 24.3 Å². The van der Waals surface area contributed by atoms with Crippen molar-refractivity contribution in [2.75, 3.05) is 7.11 Å². The van der Waals surface area contributed by atoms with Crippen molar-refractivity contribution in [2.45, 2.75) is 0 Å². The number of nitrogens with zero attached hydrogens (tertiary/aromatic N) is 2. The Balaban J connectivity index is 1.75. The van der Waals surface area contributed by atoms with Gasteiger partial charge in [-0.1, -0.05) is 30.3 Å². The fraction of sp³-hybridized carbons (Fsp3) is 0.0556. The van der Waals surface area contributed by atoms with E-state index in [0.29, 0.717) is 0 Å². The van der Waals surface area contributed by atoms with Gasteiger partial charge in [0.2, 0.25) is 0 Å². The molecule has 0 fully saturated rings. The minimum Gasteiger partial charge on any atom is -0.493 e. The molecule has 3 rings (SSSR count). The lowest BCUT2D eigenvalue weighted by atomic mass is 10.2. The van der Waals surface area contributed by atoms with Crippen molar-refractivity contribution >= 4 is 11.8 Å². The second-order valence-electron chi connectivity index (χ2n) is 5.21. The van der Waals surface area contributed by atoms with Crippen LogP contribution in [0, 0.1) is 5.82 Å². The van der Waals surface area contributed by atoms with Crippen LogP contribution in [-0.2, 0) is 0 Å². The summed E-state index contributed by atoms with van der Waals surface area (Å²) >= 11 is 0. The van der Waals surface area contributed by atoms with Gasteiger partial charge in [0.05, 0.1) is 24.6 Å². The van der Waals surface area contributed by atoms with Crippen LogP contribution in [0.25, 0.3) is 5.69 Å². The third kappa shape index (κ3) is 3.54. The zero-order chi connectivity index (χ0) is 18.5. The van der Waals surface area contributed by atoms with Crippen LogP contribution in [0.4, 0.5) is 4.39 Å². The van der Waals surface area contributed by atoms with Crippen molar-refractivity contribution in [3.63, 3.8) is 0 Å². The lowest BCUT2D eigenvalue weighted by molar-refractivity contribution is 0.0839. The van der Waals surface area contributed by atoms with Crippen LogP contribution in [0.15, 0.2) is 60.8 Å². The molecule has 26 heavy (non-hydrogen) atoms. The van der Waals surface area contributed by atoms with Crippen LogP contribution in [0.5, 0.6) is 5.75 Å². The lowest BCUT2D eigenvalue weighted by Crippen LogP contribution is -2.42. The smallest absolute Gasteiger partial charge is 0.294 e. The van der Waals surface area contributed by atoms with E-state index in [1.165, 1.54) is 30.0 Å². The SMILES string of the molecule is COc1cn(-c2ccccc2)nc1C(=O)NNC(=O)c1ccccc1F. The standard InChI is InChI=1S/C18H15FN4O3/c1-26-15-11-23(12-7-3-2-4-8-12)22-16(15)18(25)21-20-17(24)13-9-5-6-10-14(13)19/h2-11H,1H3,(H,20,24)(H,21,25). The molecule has 0 unspecified atom stereocenters. The van der Waals surface area contributed by atoms with E-state index < -0.39 is 17.6 Å². The third-order valence-electron chi connectivity index (χ3n) is 3.54. The highest BCUT2D eigenvalue weighted by molar-refractivity contribution is 5.99. The Morgan fingerprint density at radius 1 is 1.00 bits per heavy atom. The van der Waals surface area contributed by atoms with Gasteiger partial charge in [0.25, 0.3) is 11.8 Å². The van der Waals surface area contributed by atoms with E-state index in [4.69, 9.17) is 4.74 Å². The minimum absolute atomic E-state index is 0.0230. The number of ether oxygens (including phenoxy) is 1. The Kier molecular flexibility index (Phi) is 4.93. The first-order valence-corrected chi connectivity index (χ1v) is 7.64. The van der Waals surface area contributed by atoms with Gasteiger partial charge < -0.3 is 4.74 Å². The molecule has 0 atom stereocenters. The molecule has 0 saturated carbocycles. The first-order valence-electron chi connectivity index (χ1n) is 7.64. The first-order chi connectivity index (χ1) is 12.6. The Morgan fingerprint density at radius 3 is 2.35 bits per heavy atom. The number of halogens is 1. The Hall–Kier alpha value is -3.68. The molecule has 0 aliphatic carbocycles. The first kappa shape index (κ1) is 17.2. The molecule has 0 aliphatic rings. The summed E-state index contributed by atoms with van der Waals surface area (Å²) in [6.45, 7) is 0. The summed E-state index contributed by atoms with van der Waals surface area (Å²) in [7, 11) is 1.40. The van der Waals surface area contributed by atoms with Gasteiger partial charge >= 0.3 is 0 Å². The second kappa shape index (κ2) is 7.47. The number of para-hydroxylation sites is 1. The molecule has 3 aromatic rings. The molecular weight excluding hydrogens is 339 g/mol. The number of rotatable bonds is 4. The highest BCUT2D eigenvalue weighted by atomic mass is 19.1. The molecule has 8 heteroatoms. The van der Waals surface area contributed by atoms with Gasteiger partial charge in [-0.15, -0.1) is 0 Å². The number of carbonyl (C=O) groups excluding carboxylic acids is 2. The molecule has 7 nitrogen and oxygen atoms in total. The maximum Gasteiger partial charge on any atom is 0.294 e. The van der Waals surface area contributed by atoms with Crippen LogP contribution >= 0.6 is 0 Å². The summed E-state index contributed by atoms with van der Waals surface area (Å²) in [6.07, 6.45) is 1.54. The topological polar surface area (TPSA) is 85.2 Å². The monoisotopic (exact) mass is 354 g/mol. The molecule has 0 bridgehead atoms. The summed E-state index contributed by atoms with van der Waals surface area (Å²) in [4.78, 5) is 24.3. The van der Waals surface area contributed by atoms with E-state index in [0.717, 1.165) is 11.8 Å². The van der Waals surface area contributed by atoms with Gasteiger partial charge in [-0.2, -0.15) is 5.10 Å². The van der Waals surface area contributed by atoms with Crippen molar-refractivity contribution in [1.82, 2.24) is 20.6 Å². The zero-order valence-corrected chi connectivity index (χ0v) is 13.8. The van der Waals surface area contributed by atoms with E-state index >= 15 is 0 Å². The Labute approximate surface area is 148 Å². The van der Waals surface area contributed by atoms with E-state index in [1.54, 1.807) is 6.20 Å². The second-order valence-corrected chi connectivity index (χ2v) is 5.21. The summed E-state index contributed by atoms with van der Waals surface area (Å²) in [5.41, 5.74) is 4.89. The normalized spacial score (nSPS) is 10.2. The summed E-state index contributed by atoms with van der Waals surface area (Å²) in [5.74, 6) is -1.93. The predicted octanol–water partition coefficient (Wildman–Crippen LogP) is 2.09. The Bertz CT molecular complexity index is 941. The molecule has 2 amide bonds. The number of amides is 2. The molecule has 0 spiro atoms. The van der Waals surface area contributed by atoms with E-state index in [9.17, 15) is 14.0 Å². The molecule has 0 aliphatic heterocycles. The van der Waals surface area contributed by atoms with Crippen LogP contribution < -0.4 is 15.6 Å². The van der Waals surface area contributed by atoms with Gasteiger partial charge in [0.1, 0.15) is 5.82 Å². The molecule has 2 aromatic carbocycles. The van der Waals surface area contributed by atoms with Gasteiger partial charge in [0.15, 0.2) is 11.4 Å². The minimum atomic E-state index is -0.780.